The van der Waals surface area contributed by atoms with E-state index in [2.05, 4.69) is 41.5 Å². The van der Waals surface area contributed by atoms with Gasteiger partial charge in [-0.3, -0.25) is 37.3 Å². The Morgan fingerprint density at radius 1 is 0.345 bits per heavy atom. The van der Waals surface area contributed by atoms with Crippen LogP contribution in [0, 0.1) is 11.8 Å². The highest BCUT2D eigenvalue weighted by molar-refractivity contribution is 7.47. The van der Waals surface area contributed by atoms with Gasteiger partial charge in [-0.1, -0.05) is 273 Å². The zero-order valence-corrected chi connectivity index (χ0v) is 56.0. The molecule has 0 aliphatic carbocycles. The SMILES string of the molecule is CCCCCCCCCCC(=O)OC[C@H](COP(=O)(O)OC[C@H](O)COP(=O)(O)OC[C@@H](COC(=O)CCCCCCCCCCCCC(C)CC)OC(=O)CCCCCCCCCCCCCC(C)C)OC(=O)CCCCCCCCCC. The third-order valence-electron chi connectivity index (χ3n) is 15.3. The van der Waals surface area contributed by atoms with Crippen molar-refractivity contribution in [2.45, 2.75) is 342 Å². The van der Waals surface area contributed by atoms with Crippen molar-refractivity contribution in [3.05, 3.63) is 0 Å². The van der Waals surface area contributed by atoms with Gasteiger partial charge in [0.1, 0.15) is 19.3 Å². The molecule has 498 valence electrons. The van der Waals surface area contributed by atoms with Gasteiger partial charge in [0.15, 0.2) is 12.2 Å². The largest absolute Gasteiger partial charge is 0.472 e. The van der Waals surface area contributed by atoms with Gasteiger partial charge >= 0.3 is 39.5 Å². The van der Waals surface area contributed by atoms with Crippen LogP contribution in [0.4, 0.5) is 0 Å². The van der Waals surface area contributed by atoms with Crippen LogP contribution in [-0.4, -0.2) is 96.7 Å². The first-order valence-corrected chi connectivity index (χ1v) is 37.0. The second kappa shape index (κ2) is 57.5. The Kier molecular flexibility index (Phi) is 56.2. The van der Waals surface area contributed by atoms with Crippen LogP contribution in [0.1, 0.15) is 324 Å². The Morgan fingerprint density at radius 2 is 0.607 bits per heavy atom. The predicted molar refractivity (Wildman–Crippen MR) is 335 cm³/mol. The number of phosphoric acid groups is 2. The molecular formula is C65H126O17P2. The quantitative estimate of drug-likeness (QED) is 0.0222. The summed E-state index contributed by atoms with van der Waals surface area (Å²) in [5.41, 5.74) is 0. The average Bonchev–Trinajstić information content (AvgIpc) is 3.60. The third-order valence-corrected chi connectivity index (χ3v) is 17.2. The van der Waals surface area contributed by atoms with Crippen molar-refractivity contribution in [1.82, 2.24) is 0 Å². The van der Waals surface area contributed by atoms with E-state index in [1.54, 1.807) is 0 Å². The Labute approximate surface area is 511 Å². The molecule has 0 saturated carbocycles. The number of rotatable bonds is 64. The molecule has 84 heavy (non-hydrogen) atoms. The summed E-state index contributed by atoms with van der Waals surface area (Å²) in [6.45, 7) is 9.48. The first kappa shape index (κ1) is 82.1. The molecular weight excluding hydrogens is 1110 g/mol. The number of unbranched alkanes of at least 4 members (excludes halogenated alkanes) is 33. The molecule has 0 bridgehead atoms. The lowest BCUT2D eigenvalue weighted by Crippen LogP contribution is -2.30. The number of carbonyl (C=O) groups excluding carboxylic acids is 4. The van der Waals surface area contributed by atoms with Gasteiger partial charge in [0.25, 0.3) is 0 Å². The summed E-state index contributed by atoms with van der Waals surface area (Å²) in [7, 11) is -9.88. The first-order chi connectivity index (χ1) is 40.4. The smallest absolute Gasteiger partial charge is 0.462 e. The monoisotopic (exact) mass is 1240 g/mol. The minimum absolute atomic E-state index is 0.104. The Hall–Kier alpha value is -1.94. The molecule has 0 aliphatic heterocycles. The van der Waals surface area contributed by atoms with Crippen LogP contribution < -0.4 is 0 Å². The van der Waals surface area contributed by atoms with Crippen LogP contribution in [0.3, 0.4) is 0 Å². The van der Waals surface area contributed by atoms with E-state index < -0.39 is 97.5 Å². The Balaban J connectivity index is 5.21. The number of carbonyl (C=O) groups is 4. The van der Waals surface area contributed by atoms with Crippen molar-refractivity contribution >= 4 is 39.5 Å². The fraction of sp³-hybridized carbons (Fsp3) is 0.938. The van der Waals surface area contributed by atoms with E-state index in [4.69, 9.17) is 37.0 Å². The van der Waals surface area contributed by atoms with Gasteiger partial charge < -0.3 is 33.8 Å². The van der Waals surface area contributed by atoms with Crippen LogP contribution in [0.15, 0.2) is 0 Å². The van der Waals surface area contributed by atoms with Gasteiger partial charge in [-0.25, -0.2) is 9.13 Å². The van der Waals surface area contributed by atoms with E-state index >= 15 is 0 Å². The molecule has 0 saturated heterocycles. The van der Waals surface area contributed by atoms with Crippen LogP contribution >= 0.6 is 15.6 Å². The normalized spacial score (nSPS) is 14.6. The molecule has 19 heteroatoms. The lowest BCUT2D eigenvalue weighted by Gasteiger charge is -2.21. The second-order valence-electron chi connectivity index (χ2n) is 24.2. The summed E-state index contributed by atoms with van der Waals surface area (Å²) in [5, 5.41) is 10.5. The standard InChI is InChI=1S/C65H126O17P2/c1-7-10-12-14-16-29-35-41-47-62(67)75-53-60(81-64(69)49-43-37-30-17-15-13-11-8-2)55-79-83(71,72)77-51-59(66)52-78-84(73,74)80-56-61(82-65(70)50-44-38-32-26-20-18-19-23-27-33-39-45-57(4)5)54-76-63(68)48-42-36-31-25-22-21-24-28-34-40-46-58(6)9-3/h57-61,66H,7-56H2,1-6H3,(H,71,72)(H,73,74)/t58?,59-,60+,61+/m0/s1. The maximum atomic E-state index is 13.0. The highest BCUT2D eigenvalue weighted by Crippen LogP contribution is 2.45. The molecule has 0 aromatic rings. The Bertz CT molecular complexity index is 1650. The highest BCUT2D eigenvalue weighted by Gasteiger charge is 2.30. The zero-order valence-electron chi connectivity index (χ0n) is 54.2. The van der Waals surface area contributed by atoms with Crippen molar-refractivity contribution in [3.63, 3.8) is 0 Å². The van der Waals surface area contributed by atoms with E-state index in [9.17, 15) is 43.2 Å². The van der Waals surface area contributed by atoms with Crippen LogP contribution in [-0.2, 0) is 65.4 Å². The van der Waals surface area contributed by atoms with Crippen LogP contribution in [0.5, 0.6) is 0 Å². The maximum Gasteiger partial charge on any atom is 0.472 e. The highest BCUT2D eigenvalue weighted by atomic mass is 31.2. The van der Waals surface area contributed by atoms with Crippen molar-refractivity contribution in [3.8, 4) is 0 Å². The van der Waals surface area contributed by atoms with Crippen molar-refractivity contribution < 1.29 is 80.2 Å². The molecule has 6 atom stereocenters. The van der Waals surface area contributed by atoms with Gasteiger partial charge in [-0.15, -0.1) is 0 Å². The maximum absolute atomic E-state index is 13.0. The van der Waals surface area contributed by atoms with Crippen molar-refractivity contribution in [2.24, 2.45) is 11.8 Å². The Morgan fingerprint density at radius 3 is 0.905 bits per heavy atom. The summed E-state index contributed by atoms with van der Waals surface area (Å²) in [4.78, 5) is 72.1. The molecule has 0 aliphatic rings. The fourth-order valence-corrected chi connectivity index (χ4v) is 11.3. The van der Waals surface area contributed by atoms with Crippen molar-refractivity contribution in [2.75, 3.05) is 39.6 Å². The molecule has 0 aromatic carbocycles. The number of hydrogen-bond acceptors (Lipinski definition) is 15. The van der Waals surface area contributed by atoms with Gasteiger partial charge in [-0.05, 0) is 37.5 Å². The van der Waals surface area contributed by atoms with Gasteiger partial charge in [-0.2, -0.15) is 0 Å². The molecule has 0 radical (unpaired) electrons. The van der Waals surface area contributed by atoms with Gasteiger partial charge in [0.2, 0.25) is 0 Å². The molecule has 0 amide bonds. The summed E-state index contributed by atoms with van der Waals surface area (Å²) in [6, 6.07) is 0. The number of esters is 4. The number of phosphoric ester groups is 2. The van der Waals surface area contributed by atoms with Gasteiger partial charge in [0, 0.05) is 25.7 Å². The molecule has 0 heterocycles. The summed E-state index contributed by atoms with van der Waals surface area (Å²) >= 11 is 0. The van der Waals surface area contributed by atoms with E-state index in [-0.39, 0.29) is 25.7 Å². The number of aliphatic hydroxyl groups excluding tert-OH is 1. The third kappa shape index (κ3) is 57.8. The fourth-order valence-electron chi connectivity index (χ4n) is 9.68. The summed E-state index contributed by atoms with van der Waals surface area (Å²) in [6.07, 6.45) is 40.3. The summed E-state index contributed by atoms with van der Waals surface area (Å²) in [5.74, 6) is -0.561. The average molecular weight is 1240 g/mol. The van der Waals surface area contributed by atoms with Crippen molar-refractivity contribution in [1.29, 1.82) is 0 Å². The number of hydrogen-bond donors (Lipinski definition) is 3. The number of aliphatic hydroxyl groups is 1. The summed E-state index contributed by atoms with van der Waals surface area (Å²) < 4.78 is 67.9. The topological polar surface area (TPSA) is 237 Å². The van der Waals surface area contributed by atoms with E-state index in [1.807, 2.05) is 0 Å². The molecule has 0 fully saturated rings. The molecule has 0 aromatic heterocycles. The van der Waals surface area contributed by atoms with Gasteiger partial charge in [0.05, 0.1) is 26.4 Å². The lowest BCUT2D eigenvalue weighted by atomic mass is 9.99. The molecule has 3 unspecified atom stereocenters. The molecule has 3 N–H and O–H groups in total. The van der Waals surface area contributed by atoms with E-state index in [1.165, 1.54) is 128 Å². The molecule has 17 nitrogen and oxygen atoms in total. The lowest BCUT2D eigenvalue weighted by molar-refractivity contribution is -0.161. The minimum Gasteiger partial charge on any atom is -0.462 e. The zero-order chi connectivity index (χ0) is 62.2. The van der Waals surface area contributed by atoms with E-state index in [0.29, 0.717) is 25.7 Å². The predicted octanol–water partition coefficient (Wildman–Crippen LogP) is 18.0. The number of ether oxygens (including phenoxy) is 4. The molecule has 0 rings (SSSR count). The van der Waals surface area contributed by atoms with E-state index in [0.717, 1.165) is 115 Å². The molecule has 0 spiro atoms. The second-order valence-corrected chi connectivity index (χ2v) is 27.1. The van der Waals surface area contributed by atoms with Crippen LogP contribution in [0.25, 0.3) is 0 Å². The minimum atomic E-state index is -4.95. The first-order valence-electron chi connectivity index (χ1n) is 34.0. The van der Waals surface area contributed by atoms with Crippen LogP contribution in [0.2, 0.25) is 0 Å².